The van der Waals surface area contributed by atoms with E-state index in [1.165, 1.54) is 0 Å². The first-order chi connectivity index (χ1) is 9.47. The van der Waals surface area contributed by atoms with Crippen LogP contribution in [0.15, 0.2) is 46.9 Å². The Morgan fingerprint density at radius 3 is 2.50 bits per heavy atom. The van der Waals surface area contributed by atoms with Gasteiger partial charge in [0.25, 0.3) is 5.91 Å². The van der Waals surface area contributed by atoms with Crippen LogP contribution in [0.25, 0.3) is 0 Å². The lowest BCUT2D eigenvalue weighted by Gasteiger charge is -2.15. The van der Waals surface area contributed by atoms with Gasteiger partial charge in [-0.15, -0.1) is 0 Å². The number of amides is 1. The molecule has 0 saturated heterocycles. The standard InChI is InChI=1S/C16H15BrClNO/c1-10-3-8-14(18)9-15(10)16(20)19-11(2)12-4-6-13(17)7-5-12/h3-9,11H,1-2H3,(H,19,20). The molecule has 1 unspecified atom stereocenters. The number of benzene rings is 2. The van der Waals surface area contributed by atoms with Crippen molar-refractivity contribution in [2.75, 3.05) is 0 Å². The molecule has 0 heterocycles. The lowest BCUT2D eigenvalue weighted by Crippen LogP contribution is -2.27. The van der Waals surface area contributed by atoms with Crippen LogP contribution in [-0.4, -0.2) is 5.91 Å². The summed E-state index contributed by atoms with van der Waals surface area (Å²) in [7, 11) is 0. The second kappa shape index (κ2) is 6.42. The SMILES string of the molecule is Cc1ccc(Cl)cc1C(=O)NC(C)c1ccc(Br)cc1. The Morgan fingerprint density at radius 2 is 1.85 bits per heavy atom. The van der Waals surface area contributed by atoms with Crippen LogP contribution in [0.4, 0.5) is 0 Å². The van der Waals surface area contributed by atoms with Gasteiger partial charge >= 0.3 is 0 Å². The van der Waals surface area contributed by atoms with Gasteiger partial charge in [-0.1, -0.05) is 45.7 Å². The number of carbonyl (C=O) groups excluding carboxylic acids is 1. The van der Waals surface area contributed by atoms with Crippen molar-refractivity contribution in [3.05, 3.63) is 68.7 Å². The zero-order chi connectivity index (χ0) is 14.7. The summed E-state index contributed by atoms with van der Waals surface area (Å²) in [5.41, 5.74) is 2.58. The van der Waals surface area contributed by atoms with Crippen LogP contribution in [0.5, 0.6) is 0 Å². The highest BCUT2D eigenvalue weighted by atomic mass is 79.9. The minimum atomic E-state index is -0.111. The molecular weight excluding hydrogens is 338 g/mol. The fraction of sp³-hybridized carbons (Fsp3) is 0.188. The van der Waals surface area contributed by atoms with Crippen LogP contribution in [-0.2, 0) is 0 Å². The molecule has 104 valence electrons. The molecular formula is C16H15BrClNO. The Morgan fingerprint density at radius 1 is 1.20 bits per heavy atom. The number of rotatable bonds is 3. The van der Waals surface area contributed by atoms with Crippen molar-refractivity contribution < 1.29 is 4.79 Å². The summed E-state index contributed by atoms with van der Waals surface area (Å²) in [6.07, 6.45) is 0. The van der Waals surface area contributed by atoms with E-state index < -0.39 is 0 Å². The topological polar surface area (TPSA) is 29.1 Å². The van der Waals surface area contributed by atoms with Crippen molar-refractivity contribution in [3.63, 3.8) is 0 Å². The summed E-state index contributed by atoms with van der Waals surface area (Å²) < 4.78 is 1.02. The molecule has 0 aliphatic rings. The summed E-state index contributed by atoms with van der Waals surface area (Å²) in [6, 6.07) is 13.2. The third kappa shape index (κ3) is 3.62. The molecule has 0 aliphatic heterocycles. The average Bonchev–Trinajstić information content (AvgIpc) is 2.42. The molecule has 2 aromatic rings. The number of hydrogen-bond donors (Lipinski definition) is 1. The van der Waals surface area contributed by atoms with E-state index in [9.17, 15) is 4.79 Å². The Bertz CT molecular complexity index is 625. The fourth-order valence-electron chi connectivity index (χ4n) is 1.95. The number of nitrogens with one attached hydrogen (secondary N) is 1. The lowest BCUT2D eigenvalue weighted by atomic mass is 10.1. The van der Waals surface area contributed by atoms with E-state index in [4.69, 9.17) is 11.6 Å². The predicted molar refractivity (Wildman–Crippen MR) is 86.2 cm³/mol. The summed E-state index contributed by atoms with van der Waals surface area (Å²) in [5, 5.41) is 3.55. The highest BCUT2D eigenvalue weighted by Gasteiger charge is 2.13. The maximum absolute atomic E-state index is 12.3. The van der Waals surface area contributed by atoms with E-state index in [-0.39, 0.29) is 11.9 Å². The second-order valence-corrected chi connectivity index (χ2v) is 6.06. The molecule has 0 spiro atoms. The van der Waals surface area contributed by atoms with E-state index >= 15 is 0 Å². The molecule has 2 rings (SSSR count). The Labute approximate surface area is 132 Å². The van der Waals surface area contributed by atoms with E-state index in [1.54, 1.807) is 12.1 Å². The largest absolute Gasteiger partial charge is 0.346 e. The first kappa shape index (κ1) is 15.1. The fourth-order valence-corrected chi connectivity index (χ4v) is 2.38. The van der Waals surface area contributed by atoms with Crippen LogP contribution < -0.4 is 5.32 Å². The molecule has 1 amide bonds. The number of hydrogen-bond acceptors (Lipinski definition) is 1. The van der Waals surface area contributed by atoms with Crippen molar-refractivity contribution in [1.82, 2.24) is 5.32 Å². The lowest BCUT2D eigenvalue weighted by molar-refractivity contribution is 0.0939. The van der Waals surface area contributed by atoms with E-state index in [0.717, 1.165) is 15.6 Å². The quantitative estimate of drug-likeness (QED) is 0.836. The molecule has 0 bridgehead atoms. The molecule has 0 aliphatic carbocycles. The predicted octanol–water partition coefficient (Wildman–Crippen LogP) is 4.90. The molecule has 0 saturated carbocycles. The molecule has 1 atom stereocenters. The van der Waals surface area contributed by atoms with Gasteiger partial charge in [0.1, 0.15) is 0 Å². The molecule has 2 aromatic carbocycles. The third-order valence-electron chi connectivity index (χ3n) is 3.16. The average molecular weight is 353 g/mol. The second-order valence-electron chi connectivity index (χ2n) is 4.71. The maximum atomic E-state index is 12.3. The van der Waals surface area contributed by atoms with Crippen molar-refractivity contribution in [1.29, 1.82) is 0 Å². The summed E-state index contributed by atoms with van der Waals surface area (Å²) in [4.78, 5) is 12.3. The van der Waals surface area contributed by atoms with Gasteiger partial charge in [0.05, 0.1) is 6.04 Å². The third-order valence-corrected chi connectivity index (χ3v) is 3.93. The molecule has 0 fully saturated rings. The van der Waals surface area contributed by atoms with Gasteiger partial charge in [-0.2, -0.15) is 0 Å². The highest BCUT2D eigenvalue weighted by molar-refractivity contribution is 9.10. The molecule has 0 aromatic heterocycles. The summed E-state index contributed by atoms with van der Waals surface area (Å²) >= 11 is 9.34. The van der Waals surface area contributed by atoms with Gasteiger partial charge in [-0.05, 0) is 49.2 Å². The van der Waals surface area contributed by atoms with Crippen LogP contribution in [0.3, 0.4) is 0 Å². The minimum absolute atomic E-state index is 0.0611. The van der Waals surface area contributed by atoms with Crippen LogP contribution >= 0.6 is 27.5 Å². The minimum Gasteiger partial charge on any atom is -0.346 e. The molecule has 1 N–H and O–H groups in total. The van der Waals surface area contributed by atoms with Gasteiger partial charge < -0.3 is 5.32 Å². The van der Waals surface area contributed by atoms with E-state index in [0.29, 0.717) is 10.6 Å². The monoisotopic (exact) mass is 351 g/mol. The van der Waals surface area contributed by atoms with Crippen molar-refractivity contribution in [2.45, 2.75) is 19.9 Å². The van der Waals surface area contributed by atoms with E-state index in [2.05, 4.69) is 21.2 Å². The Balaban J connectivity index is 2.15. The maximum Gasteiger partial charge on any atom is 0.252 e. The smallest absolute Gasteiger partial charge is 0.252 e. The molecule has 0 radical (unpaired) electrons. The van der Waals surface area contributed by atoms with Crippen LogP contribution in [0.1, 0.15) is 34.5 Å². The molecule has 20 heavy (non-hydrogen) atoms. The Hall–Kier alpha value is -1.32. The number of halogens is 2. The van der Waals surface area contributed by atoms with Gasteiger partial charge in [-0.25, -0.2) is 0 Å². The zero-order valence-corrected chi connectivity index (χ0v) is 13.6. The Kier molecular flexibility index (Phi) is 4.84. The zero-order valence-electron chi connectivity index (χ0n) is 11.3. The first-order valence-electron chi connectivity index (χ1n) is 6.30. The highest BCUT2D eigenvalue weighted by Crippen LogP contribution is 2.19. The van der Waals surface area contributed by atoms with Crippen LogP contribution in [0, 0.1) is 6.92 Å². The summed E-state index contributed by atoms with van der Waals surface area (Å²) in [5.74, 6) is -0.111. The van der Waals surface area contributed by atoms with E-state index in [1.807, 2.05) is 44.2 Å². The van der Waals surface area contributed by atoms with Gasteiger partial charge in [0.15, 0.2) is 0 Å². The van der Waals surface area contributed by atoms with Gasteiger partial charge in [0.2, 0.25) is 0 Å². The van der Waals surface area contributed by atoms with Crippen molar-refractivity contribution in [3.8, 4) is 0 Å². The number of aryl methyl sites for hydroxylation is 1. The van der Waals surface area contributed by atoms with Crippen molar-refractivity contribution >= 4 is 33.4 Å². The first-order valence-corrected chi connectivity index (χ1v) is 7.47. The van der Waals surface area contributed by atoms with Gasteiger partial charge in [0, 0.05) is 15.1 Å². The molecule has 2 nitrogen and oxygen atoms in total. The van der Waals surface area contributed by atoms with Gasteiger partial charge in [-0.3, -0.25) is 4.79 Å². The molecule has 4 heteroatoms. The van der Waals surface area contributed by atoms with Crippen molar-refractivity contribution in [2.24, 2.45) is 0 Å². The van der Waals surface area contributed by atoms with Crippen LogP contribution in [0.2, 0.25) is 5.02 Å². The normalized spacial score (nSPS) is 12.0. The summed E-state index contributed by atoms with van der Waals surface area (Å²) in [6.45, 7) is 3.86. The number of carbonyl (C=O) groups is 1.